The van der Waals surface area contributed by atoms with E-state index in [1.165, 1.54) is 4.90 Å². The Balaban J connectivity index is 2.10. The van der Waals surface area contributed by atoms with Crippen LogP contribution in [-0.2, 0) is 0 Å². The first-order valence-electron chi connectivity index (χ1n) is 5.61. The van der Waals surface area contributed by atoms with Gasteiger partial charge in [-0.3, -0.25) is 9.59 Å². The van der Waals surface area contributed by atoms with Gasteiger partial charge >= 0.3 is 0 Å². The minimum Gasteiger partial charge on any atom is -0.389 e. The molecule has 1 aliphatic rings. The van der Waals surface area contributed by atoms with Gasteiger partial charge in [0.05, 0.1) is 11.5 Å². The summed E-state index contributed by atoms with van der Waals surface area (Å²) < 4.78 is 0. The number of amides is 1. The van der Waals surface area contributed by atoms with E-state index in [9.17, 15) is 14.7 Å². The lowest BCUT2D eigenvalue weighted by Gasteiger charge is -2.35. The maximum absolute atomic E-state index is 12.1. The van der Waals surface area contributed by atoms with Gasteiger partial charge in [-0.25, -0.2) is 5.10 Å². The van der Waals surface area contributed by atoms with Gasteiger partial charge in [-0.05, 0) is 6.07 Å². The molecule has 0 unspecified atom stereocenters. The highest BCUT2D eigenvalue weighted by atomic mass is 16.3. The van der Waals surface area contributed by atoms with E-state index in [0.717, 1.165) is 0 Å². The number of carbonyl (C=O) groups excluding carboxylic acids is 1. The van der Waals surface area contributed by atoms with Gasteiger partial charge in [0.25, 0.3) is 11.5 Å². The Bertz CT molecular complexity index is 674. The second-order valence-corrected chi connectivity index (χ2v) is 4.31. The minimum absolute atomic E-state index is 0.220. The highest BCUT2D eigenvalue weighted by molar-refractivity contribution is 6.05. The maximum atomic E-state index is 12.1. The number of aromatic amines is 1. The molecular weight excluding hydrogens is 234 g/mol. The summed E-state index contributed by atoms with van der Waals surface area (Å²) in [5.74, 6) is -0.271. The van der Waals surface area contributed by atoms with Gasteiger partial charge in [0, 0.05) is 18.5 Å². The van der Waals surface area contributed by atoms with Crippen LogP contribution < -0.4 is 5.56 Å². The van der Waals surface area contributed by atoms with Gasteiger partial charge in [-0.1, -0.05) is 18.2 Å². The fraction of sp³-hybridized carbons (Fsp3) is 0.250. The lowest BCUT2D eigenvalue weighted by Crippen LogP contribution is -2.53. The summed E-state index contributed by atoms with van der Waals surface area (Å²) >= 11 is 0. The molecule has 18 heavy (non-hydrogen) atoms. The first-order chi connectivity index (χ1) is 8.66. The molecule has 1 aromatic carbocycles. The van der Waals surface area contributed by atoms with Crippen molar-refractivity contribution in [3.63, 3.8) is 0 Å². The Morgan fingerprint density at radius 3 is 2.67 bits per heavy atom. The zero-order valence-electron chi connectivity index (χ0n) is 9.46. The second-order valence-electron chi connectivity index (χ2n) is 4.31. The SMILES string of the molecule is O=C(c1n[nH]c(=O)c2ccccc12)N1CC(O)C1. The molecule has 6 heteroatoms. The number of benzene rings is 1. The summed E-state index contributed by atoms with van der Waals surface area (Å²) in [5.41, 5.74) is -0.0945. The molecule has 1 saturated heterocycles. The van der Waals surface area contributed by atoms with E-state index >= 15 is 0 Å². The van der Waals surface area contributed by atoms with Gasteiger partial charge in [0.2, 0.25) is 0 Å². The van der Waals surface area contributed by atoms with Crippen molar-refractivity contribution in [1.29, 1.82) is 0 Å². The third kappa shape index (κ3) is 1.58. The average molecular weight is 245 g/mol. The third-order valence-corrected chi connectivity index (χ3v) is 3.05. The first kappa shape index (κ1) is 10.9. The number of rotatable bonds is 1. The van der Waals surface area contributed by atoms with Crippen molar-refractivity contribution in [2.45, 2.75) is 6.10 Å². The maximum Gasteiger partial charge on any atom is 0.275 e. The molecule has 0 radical (unpaired) electrons. The van der Waals surface area contributed by atoms with E-state index in [1.54, 1.807) is 24.3 Å². The number of nitrogens with zero attached hydrogens (tertiary/aromatic N) is 2. The molecule has 0 atom stereocenters. The number of aliphatic hydroxyl groups is 1. The molecule has 6 nitrogen and oxygen atoms in total. The molecule has 1 aromatic heterocycles. The van der Waals surface area contributed by atoms with E-state index in [-0.39, 0.29) is 17.2 Å². The molecule has 0 spiro atoms. The molecule has 1 aliphatic heterocycles. The topological polar surface area (TPSA) is 86.3 Å². The van der Waals surface area contributed by atoms with Crippen molar-refractivity contribution in [1.82, 2.24) is 15.1 Å². The molecular formula is C12H11N3O3. The summed E-state index contributed by atoms with van der Waals surface area (Å²) in [5, 5.41) is 16.3. The van der Waals surface area contributed by atoms with Crippen molar-refractivity contribution in [2.75, 3.05) is 13.1 Å². The van der Waals surface area contributed by atoms with E-state index in [4.69, 9.17) is 0 Å². The standard InChI is InChI=1S/C12H11N3O3/c16-7-5-15(6-7)12(18)10-8-3-1-2-4-9(8)11(17)14-13-10/h1-4,7,16H,5-6H2,(H,14,17). The largest absolute Gasteiger partial charge is 0.389 e. The van der Waals surface area contributed by atoms with Crippen LogP contribution in [-0.4, -0.2) is 45.3 Å². The number of aromatic nitrogens is 2. The normalized spacial score (nSPS) is 15.7. The molecule has 92 valence electrons. The molecule has 2 aromatic rings. The van der Waals surface area contributed by atoms with Crippen molar-refractivity contribution in [3.05, 3.63) is 40.3 Å². The molecule has 1 amide bonds. The van der Waals surface area contributed by atoms with Crippen LogP contribution in [0.4, 0.5) is 0 Å². The van der Waals surface area contributed by atoms with E-state index < -0.39 is 6.10 Å². The summed E-state index contributed by atoms with van der Waals surface area (Å²) in [6.45, 7) is 0.627. The van der Waals surface area contributed by atoms with Crippen molar-refractivity contribution in [3.8, 4) is 0 Å². The quantitative estimate of drug-likeness (QED) is 0.724. The average Bonchev–Trinajstić information content (AvgIpc) is 2.35. The van der Waals surface area contributed by atoms with E-state index in [0.29, 0.717) is 23.9 Å². The third-order valence-electron chi connectivity index (χ3n) is 3.05. The lowest BCUT2D eigenvalue weighted by molar-refractivity contribution is 0.00557. The number of likely N-dealkylation sites (tertiary alicyclic amines) is 1. The van der Waals surface area contributed by atoms with Gasteiger partial charge in [0.15, 0.2) is 5.69 Å². The molecule has 0 bridgehead atoms. The lowest BCUT2D eigenvalue weighted by atomic mass is 10.1. The molecule has 0 saturated carbocycles. The minimum atomic E-state index is -0.456. The van der Waals surface area contributed by atoms with Gasteiger partial charge in [0.1, 0.15) is 0 Å². The summed E-state index contributed by atoms with van der Waals surface area (Å²) in [6, 6.07) is 6.84. The van der Waals surface area contributed by atoms with Crippen LogP contribution in [0.2, 0.25) is 0 Å². The van der Waals surface area contributed by atoms with Gasteiger partial charge in [-0.15, -0.1) is 0 Å². The van der Waals surface area contributed by atoms with E-state index in [1.807, 2.05) is 0 Å². The zero-order chi connectivity index (χ0) is 12.7. The van der Waals surface area contributed by atoms with Crippen molar-refractivity contribution < 1.29 is 9.90 Å². The highest BCUT2D eigenvalue weighted by Crippen LogP contribution is 2.17. The number of nitrogens with one attached hydrogen (secondary N) is 1. The first-order valence-corrected chi connectivity index (χ1v) is 5.61. The fourth-order valence-corrected chi connectivity index (χ4v) is 2.05. The van der Waals surface area contributed by atoms with Gasteiger partial charge < -0.3 is 10.0 Å². The smallest absolute Gasteiger partial charge is 0.275 e. The molecule has 2 heterocycles. The Labute approximate surface area is 102 Å². The zero-order valence-corrected chi connectivity index (χ0v) is 9.46. The highest BCUT2D eigenvalue weighted by Gasteiger charge is 2.31. The van der Waals surface area contributed by atoms with Crippen molar-refractivity contribution in [2.24, 2.45) is 0 Å². The number of aliphatic hydroxyl groups excluding tert-OH is 1. The Morgan fingerprint density at radius 2 is 2.00 bits per heavy atom. The van der Waals surface area contributed by atoms with Crippen LogP contribution in [0, 0.1) is 0 Å². The summed E-state index contributed by atoms with van der Waals surface area (Å²) in [4.78, 5) is 25.2. The Kier molecular flexibility index (Phi) is 2.38. The van der Waals surface area contributed by atoms with Crippen LogP contribution in [0.25, 0.3) is 10.8 Å². The van der Waals surface area contributed by atoms with Crippen LogP contribution >= 0.6 is 0 Å². The summed E-state index contributed by atoms with van der Waals surface area (Å²) in [7, 11) is 0. The second kappa shape index (κ2) is 3.92. The monoisotopic (exact) mass is 245 g/mol. The number of H-pyrrole nitrogens is 1. The predicted molar refractivity (Wildman–Crippen MR) is 64.3 cm³/mol. The number of fused-ring (bicyclic) bond motifs is 1. The number of β-amino-alcohol motifs (C(OH)–C–C–N with tert-alkyl or cyclic N) is 1. The molecule has 2 N–H and O–H groups in total. The van der Waals surface area contributed by atoms with Crippen LogP contribution in [0.3, 0.4) is 0 Å². The van der Waals surface area contributed by atoms with Crippen LogP contribution in [0.1, 0.15) is 10.5 Å². The fourth-order valence-electron chi connectivity index (χ4n) is 2.05. The molecule has 0 aliphatic carbocycles. The summed E-state index contributed by atoms with van der Waals surface area (Å²) in [6.07, 6.45) is -0.456. The number of carbonyl (C=O) groups is 1. The van der Waals surface area contributed by atoms with E-state index in [2.05, 4.69) is 10.2 Å². The number of hydrogen-bond donors (Lipinski definition) is 2. The van der Waals surface area contributed by atoms with Gasteiger partial charge in [-0.2, -0.15) is 5.10 Å². The van der Waals surface area contributed by atoms with Crippen LogP contribution in [0.5, 0.6) is 0 Å². The van der Waals surface area contributed by atoms with Crippen molar-refractivity contribution >= 4 is 16.7 Å². The van der Waals surface area contributed by atoms with Crippen LogP contribution in [0.15, 0.2) is 29.1 Å². The predicted octanol–water partition coefficient (Wildman–Crippen LogP) is -0.260. The molecule has 3 rings (SSSR count). The molecule has 1 fully saturated rings. The Hall–Kier alpha value is -2.21. The Morgan fingerprint density at radius 1 is 1.33 bits per heavy atom. The number of hydrogen-bond acceptors (Lipinski definition) is 4.